The molecule has 0 saturated carbocycles. The number of alkyl halides is 2. The molecule has 2 amide bonds. The van der Waals surface area contributed by atoms with Gasteiger partial charge in [-0.2, -0.15) is 8.78 Å². The average Bonchev–Trinajstić information content (AvgIpc) is 3.47. The van der Waals surface area contributed by atoms with Crippen LogP contribution in [-0.4, -0.2) is 41.6 Å². The number of anilines is 1. The number of rotatable bonds is 9. The molecular weight excluding hydrogens is 500 g/mol. The van der Waals surface area contributed by atoms with Crippen LogP contribution < -0.4 is 10.1 Å². The number of carbonyl (C=O) groups is 1. The predicted molar refractivity (Wildman–Crippen MR) is 147 cm³/mol. The van der Waals surface area contributed by atoms with Crippen LogP contribution in [0.2, 0.25) is 0 Å². The van der Waals surface area contributed by atoms with Crippen LogP contribution in [0, 0.1) is 0 Å². The summed E-state index contributed by atoms with van der Waals surface area (Å²) in [5, 5.41) is 3.14. The van der Waals surface area contributed by atoms with E-state index in [9.17, 15) is 13.6 Å². The highest BCUT2D eigenvalue weighted by Gasteiger charge is 2.29. The summed E-state index contributed by atoms with van der Waals surface area (Å²) in [6.45, 7) is -0.573. The van der Waals surface area contributed by atoms with Gasteiger partial charge in [0.15, 0.2) is 0 Å². The first-order valence-corrected chi connectivity index (χ1v) is 13.1. The summed E-state index contributed by atoms with van der Waals surface area (Å²) in [5.41, 5.74) is 3.43. The maximum Gasteiger partial charge on any atom is 0.387 e. The van der Waals surface area contributed by atoms with Crippen molar-refractivity contribution in [1.82, 2.24) is 9.80 Å². The normalized spacial score (nSPS) is 14.3. The van der Waals surface area contributed by atoms with Gasteiger partial charge in [-0.25, -0.2) is 4.79 Å². The van der Waals surface area contributed by atoms with Crippen LogP contribution >= 0.6 is 0 Å². The van der Waals surface area contributed by atoms with Crippen LogP contribution in [0.15, 0.2) is 102 Å². The third-order valence-corrected chi connectivity index (χ3v) is 7.00. The number of benzene rings is 3. The fourth-order valence-electron chi connectivity index (χ4n) is 5.06. The van der Waals surface area contributed by atoms with Gasteiger partial charge < -0.3 is 19.4 Å². The summed E-state index contributed by atoms with van der Waals surface area (Å²) >= 11 is 0. The standard InChI is InChI=1S/C31H31F2N3O3/c32-30(33)39-29-15-7-4-11-24(29)21-35-18-16-25(17-19-35)36(22-26-12-8-20-38-26)31(37)34-28-14-6-5-13-27(28)23-9-2-1-3-10-23/h1-15,20,25,30H,16-19,21-22H2,(H,34,37). The molecule has 8 heteroatoms. The largest absolute Gasteiger partial charge is 0.467 e. The molecule has 0 bridgehead atoms. The van der Waals surface area contributed by atoms with Crippen molar-refractivity contribution < 1.29 is 22.7 Å². The third kappa shape index (κ3) is 6.83. The Morgan fingerprint density at radius 2 is 1.67 bits per heavy atom. The zero-order valence-corrected chi connectivity index (χ0v) is 21.5. The number of furan rings is 1. The maximum absolute atomic E-state index is 13.7. The fourth-order valence-corrected chi connectivity index (χ4v) is 5.06. The molecule has 39 heavy (non-hydrogen) atoms. The number of amides is 2. The second-order valence-corrected chi connectivity index (χ2v) is 9.54. The lowest BCUT2D eigenvalue weighted by Gasteiger charge is -2.38. The zero-order valence-electron chi connectivity index (χ0n) is 21.5. The molecule has 1 N–H and O–H groups in total. The van der Waals surface area contributed by atoms with Gasteiger partial charge in [-0.15, -0.1) is 0 Å². The highest BCUT2D eigenvalue weighted by molar-refractivity contribution is 5.94. The number of likely N-dealkylation sites (tertiary alicyclic amines) is 1. The first-order valence-electron chi connectivity index (χ1n) is 13.1. The van der Waals surface area contributed by atoms with Crippen LogP contribution in [-0.2, 0) is 13.1 Å². The first kappa shape index (κ1) is 26.4. The highest BCUT2D eigenvalue weighted by atomic mass is 19.3. The minimum Gasteiger partial charge on any atom is -0.467 e. The van der Waals surface area contributed by atoms with E-state index in [0.717, 1.165) is 48.3 Å². The Morgan fingerprint density at radius 1 is 0.949 bits per heavy atom. The van der Waals surface area contributed by atoms with Gasteiger partial charge in [0.1, 0.15) is 11.5 Å². The topological polar surface area (TPSA) is 58.0 Å². The maximum atomic E-state index is 13.7. The minimum atomic E-state index is -2.86. The molecule has 3 aromatic carbocycles. The van der Waals surface area contributed by atoms with Crippen molar-refractivity contribution in [2.75, 3.05) is 18.4 Å². The molecule has 0 aliphatic carbocycles. The van der Waals surface area contributed by atoms with E-state index in [1.54, 1.807) is 18.4 Å². The number of ether oxygens (including phenoxy) is 1. The van der Waals surface area contributed by atoms with Crippen molar-refractivity contribution in [3.05, 3.63) is 109 Å². The van der Waals surface area contributed by atoms with Crippen molar-refractivity contribution in [1.29, 1.82) is 0 Å². The number of para-hydroxylation sites is 2. The lowest BCUT2D eigenvalue weighted by molar-refractivity contribution is -0.0508. The van der Waals surface area contributed by atoms with E-state index >= 15 is 0 Å². The number of nitrogens with one attached hydrogen (secondary N) is 1. The molecule has 1 fully saturated rings. The number of hydrogen-bond donors (Lipinski definition) is 1. The van der Waals surface area contributed by atoms with E-state index < -0.39 is 6.61 Å². The van der Waals surface area contributed by atoms with E-state index in [-0.39, 0.29) is 17.8 Å². The monoisotopic (exact) mass is 531 g/mol. The second-order valence-electron chi connectivity index (χ2n) is 9.54. The van der Waals surface area contributed by atoms with Crippen molar-refractivity contribution >= 4 is 11.7 Å². The third-order valence-electron chi connectivity index (χ3n) is 7.00. The van der Waals surface area contributed by atoms with Gasteiger partial charge >= 0.3 is 12.6 Å². The van der Waals surface area contributed by atoms with E-state index in [2.05, 4.69) is 10.2 Å². The number of halogens is 2. The molecule has 2 heterocycles. The molecule has 1 aliphatic rings. The predicted octanol–water partition coefficient (Wildman–Crippen LogP) is 7.25. The van der Waals surface area contributed by atoms with Crippen molar-refractivity contribution in [2.24, 2.45) is 0 Å². The van der Waals surface area contributed by atoms with E-state index in [4.69, 9.17) is 9.15 Å². The van der Waals surface area contributed by atoms with E-state index in [1.807, 2.05) is 83.8 Å². The molecule has 5 rings (SSSR count). The summed E-state index contributed by atoms with van der Waals surface area (Å²) in [6, 6.07) is 28.1. The molecule has 1 saturated heterocycles. The molecular formula is C31H31F2N3O3. The smallest absolute Gasteiger partial charge is 0.387 e. The number of piperidine rings is 1. The molecule has 4 aromatic rings. The fraction of sp³-hybridized carbons (Fsp3) is 0.258. The van der Waals surface area contributed by atoms with Crippen molar-refractivity contribution in [3.63, 3.8) is 0 Å². The Balaban J connectivity index is 1.29. The number of hydrogen-bond acceptors (Lipinski definition) is 4. The average molecular weight is 532 g/mol. The van der Waals surface area contributed by atoms with Gasteiger partial charge in [-0.05, 0) is 42.7 Å². The number of urea groups is 1. The molecule has 0 spiro atoms. The molecule has 1 aromatic heterocycles. The second kappa shape index (κ2) is 12.6. The Morgan fingerprint density at radius 3 is 2.41 bits per heavy atom. The zero-order chi connectivity index (χ0) is 27.0. The molecule has 202 valence electrons. The lowest BCUT2D eigenvalue weighted by Crippen LogP contribution is -2.48. The summed E-state index contributed by atoms with van der Waals surface area (Å²) in [4.78, 5) is 17.8. The van der Waals surface area contributed by atoms with E-state index in [1.165, 1.54) is 0 Å². The van der Waals surface area contributed by atoms with E-state index in [0.29, 0.717) is 18.8 Å². The molecule has 0 unspecified atom stereocenters. The van der Waals surface area contributed by atoms with Gasteiger partial charge in [0, 0.05) is 36.8 Å². The summed E-state index contributed by atoms with van der Waals surface area (Å²) < 4.78 is 36.0. The van der Waals surface area contributed by atoms with Gasteiger partial charge in [-0.3, -0.25) is 4.90 Å². The number of carbonyl (C=O) groups excluding carboxylic acids is 1. The SMILES string of the molecule is O=C(Nc1ccccc1-c1ccccc1)N(Cc1ccco1)C1CCN(Cc2ccccc2OC(F)F)CC1. The van der Waals surface area contributed by atoms with Gasteiger partial charge in [0.25, 0.3) is 0 Å². The Bertz CT molecular complexity index is 1340. The first-order chi connectivity index (χ1) is 19.1. The van der Waals surface area contributed by atoms with Crippen LogP contribution in [0.3, 0.4) is 0 Å². The molecule has 0 radical (unpaired) electrons. The lowest BCUT2D eigenvalue weighted by atomic mass is 10.0. The minimum absolute atomic E-state index is 0.0113. The van der Waals surface area contributed by atoms with Crippen LogP contribution in [0.4, 0.5) is 19.3 Å². The van der Waals surface area contributed by atoms with Gasteiger partial charge in [0.05, 0.1) is 18.5 Å². The summed E-state index contributed by atoms with van der Waals surface area (Å²) in [6.07, 6.45) is 3.09. The van der Waals surface area contributed by atoms with Gasteiger partial charge in [-0.1, -0.05) is 66.7 Å². The summed E-state index contributed by atoms with van der Waals surface area (Å²) in [7, 11) is 0. The highest BCUT2D eigenvalue weighted by Crippen LogP contribution is 2.29. The number of nitrogens with zero attached hydrogens (tertiary/aromatic N) is 2. The van der Waals surface area contributed by atoms with Crippen LogP contribution in [0.1, 0.15) is 24.2 Å². The Labute approximate surface area is 226 Å². The molecule has 1 aliphatic heterocycles. The Kier molecular flexibility index (Phi) is 8.53. The molecule has 0 atom stereocenters. The van der Waals surface area contributed by atoms with Crippen molar-refractivity contribution in [3.8, 4) is 16.9 Å². The summed E-state index contributed by atoms with van der Waals surface area (Å²) in [5.74, 6) is 0.910. The molecule has 6 nitrogen and oxygen atoms in total. The van der Waals surface area contributed by atoms with Crippen LogP contribution in [0.5, 0.6) is 5.75 Å². The van der Waals surface area contributed by atoms with Gasteiger partial charge in [0.2, 0.25) is 0 Å². The Hall–Kier alpha value is -4.17. The van der Waals surface area contributed by atoms with Crippen LogP contribution in [0.25, 0.3) is 11.1 Å². The van der Waals surface area contributed by atoms with Crippen molar-refractivity contribution in [2.45, 2.75) is 38.6 Å². The quantitative estimate of drug-likeness (QED) is 0.247.